The number of benzene rings is 2. The quantitative estimate of drug-likeness (QED) is 0.792. The van der Waals surface area contributed by atoms with Crippen LogP contribution in [0.15, 0.2) is 42.5 Å². The van der Waals surface area contributed by atoms with Crippen LogP contribution in [0.4, 0.5) is 4.39 Å². The van der Waals surface area contributed by atoms with E-state index in [1.165, 1.54) is 12.1 Å². The van der Waals surface area contributed by atoms with Crippen molar-refractivity contribution < 1.29 is 18.7 Å². The molecule has 1 N–H and O–H groups in total. The van der Waals surface area contributed by atoms with Crippen LogP contribution in [-0.4, -0.2) is 35.9 Å². The molecule has 2 aromatic carbocycles. The van der Waals surface area contributed by atoms with Gasteiger partial charge in [-0.3, -0.25) is 9.59 Å². The van der Waals surface area contributed by atoms with Crippen LogP contribution in [0.2, 0.25) is 0 Å². The van der Waals surface area contributed by atoms with E-state index in [9.17, 15) is 14.0 Å². The molecule has 1 fully saturated rings. The highest BCUT2D eigenvalue weighted by molar-refractivity contribution is 5.82. The van der Waals surface area contributed by atoms with E-state index in [2.05, 4.69) is 5.32 Å². The number of carbonyl (C=O) groups excluding carboxylic acids is 2. The molecule has 0 radical (unpaired) electrons. The molecule has 2 aromatic rings. The van der Waals surface area contributed by atoms with Crippen molar-refractivity contribution in [2.75, 3.05) is 13.2 Å². The molecule has 2 aliphatic rings. The summed E-state index contributed by atoms with van der Waals surface area (Å²) in [5.41, 5.74) is 2.99. The Hall–Kier alpha value is -2.89. The molecule has 0 spiro atoms. The van der Waals surface area contributed by atoms with Crippen LogP contribution in [0.25, 0.3) is 0 Å². The van der Waals surface area contributed by atoms with Gasteiger partial charge in [0.25, 0.3) is 5.91 Å². The third kappa shape index (κ3) is 4.48. The molecule has 1 atom stereocenters. The lowest BCUT2D eigenvalue weighted by atomic mass is 9.87. The second kappa shape index (κ2) is 8.46. The topological polar surface area (TPSA) is 58.6 Å². The summed E-state index contributed by atoms with van der Waals surface area (Å²) in [7, 11) is 0. The number of fused-ring (bicyclic) bond motifs is 1. The minimum atomic E-state index is -0.303. The molecule has 158 valence electrons. The molecule has 1 aliphatic carbocycles. The number of carbonyl (C=O) groups is 2. The third-order valence-corrected chi connectivity index (χ3v) is 5.56. The van der Waals surface area contributed by atoms with E-state index in [-0.39, 0.29) is 42.2 Å². The molecule has 1 saturated carbocycles. The zero-order chi connectivity index (χ0) is 21.3. The molecule has 0 saturated heterocycles. The molecule has 1 heterocycles. The van der Waals surface area contributed by atoms with Gasteiger partial charge in [-0.25, -0.2) is 4.39 Å². The van der Waals surface area contributed by atoms with Crippen molar-refractivity contribution in [3.05, 3.63) is 65.0 Å². The van der Waals surface area contributed by atoms with Gasteiger partial charge in [0.1, 0.15) is 11.6 Å². The highest BCUT2D eigenvalue weighted by Crippen LogP contribution is 2.41. The van der Waals surface area contributed by atoms with Gasteiger partial charge in [-0.2, -0.15) is 0 Å². The number of amides is 2. The summed E-state index contributed by atoms with van der Waals surface area (Å²) in [6.45, 7) is 4.37. The van der Waals surface area contributed by atoms with Crippen LogP contribution in [0.1, 0.15) is 49.4 Å². The van der Waals surface area contributed by atoms with Crippen molar-refractivity contribution in [2.24, 2.45) is 5.92 Å². The summed E-state index contributed by atoms with van der Waals surface area (Å²) < 4.78 is 19.3. The molecule has 2 amide bonds. The first-order valence-corrected chi connectivity index (χ1v) is 10.5. The van der Waals surface area contributed by atoms with Crippen LogP contribution in [0, 0.1) is 11.7 Å². The molecule has 30 heavy (non-hydrogen) atoms. The Morgan fingerprint density at radius 1 is 1.17 bits per heavy atom. The van der Waals surface area contributed by atoms with Gasteiger partial charge in [0.2, 0.25) is 5.91 Å². The molecule has 6 heteroatoms. The summed E-state index contributed by atoms with van der Waals surface area (Å²) in [6, 6.07) is 11.9. The van der Waals surface area contributed by atoms with E-state index in [1.54, 1.807) is 12.1 Å². The van der Waals surface area contributed by atoms with Gasteiger partial charge in [-0.1, -0.05) is 18.2 Å². The number of nitrogens with zero attached hydrogens (tertiary/aromatic N) is 1. The lowest BCUT2D eigenvalue weighted by Crippen LogP contribution is -2.41. The molecule has 0 bridgehead atoms. The van der Waals surface area contributed by atoms with Gasteiger partial charge in [-0.15, -0.1) is 0 Å². The number of rotatable bonds is 6. The van der Waals surface area contributed by atoms with Crippen LogP contribution in [-0.2, 0) is 16.0 Å². The van der Waals surface area contributed by atoms with Gasteiger partial charge in [-0.05, 0) is 74.1 Å². The number of ether oxygens (including phenoxy) is 1. The van der Waals surface area contributed by atoms with Gasteiger partial charge < -0.3 is 15.0 Å². The highest BCUT2D eigenvalue weighted by Gasteiger charge is 2.39. The predicted octanol–water partition coefficient (Wildman–Crippen LogP) is 3.61. The normalized spacial score (nSPS) is 18.1. The van der Waals surface area contributed by atoms with Crippen molar-refractivity contribution in [2.45, 2.75) is 45.2 Å². The Balaban J connectivity index is 1.64. The van der Waals surface area contributed by atoms with Crippen LogP contribution in [0.3, 0.4) is 0 Å². The molecule has 5 nitrogen and oxygen atoms in total. The van der Waals surface area contributed by atoms with Gasteiger partial charge in [0, 0.05) is 18.5 Å². The lowest BCUT2D eigenvalue weighted by Gasteiger charge is -2.38. The molecule has 0 aromatic heterocycles. The second-order valence-corrected chi connectivity index (χ2v) is 8.38. The summed E-state index contributed by atoms with van der Waals surface area (Å²) in [4.78, 5) is 26.8. The lowest BCUT2D eigenvalue weighted by molar-refractivity contribution is -0.134. The SMILES string of the molecule is CC(C)NC(=O)COc1ccc2c(c1)C(c1ccc(F)cc1)N(C(=O)C1CC1)CC2. The van der Waals surface area contributed by atoms with Crippen molar-refractivity contribution >= 4 is 11.8 Å². The largest absolute Gasteiger partial charge is 0.484 e. The maximum atomic E-state index is 13.5. The Morgan fingerprint density at radius 2 is 1.90 bits per heavy atom. The highest BCUT2D eigenvalue weighted by atomic mass is 19.1. The number of hydrogen-bond acceptors (Lipinski definition) is 3. The number of hydrogen-bond donors (Lipinski definition) is 1. The smallest absolute Gasteiger partial charge is 0.258 e. The van der Waals surface area contributed by atoms with Crippen molar-refractivity contribution in [3.8, 4) is 5.75 Å². The van der Waals surface area contributed by atoms with E-state index in [1.807, 2.05) is 36.9 Å². The number of nitrogens with one attached hydrogen (secondary N) is 1. The van der Waals surface area contributed by atoms with Crippen molar-refractivity contribution in [3.63, 3.8) is 0 Å². The zero-order valence-corrected chi connectivity index (χ0v) is 17.4. The minimum absolute atomic E-state index is 0.0504. The van der Waals surface area contributed by atoms with Crippen LogP contribution < -0.4 is 10.1 Å². The molecule has 4 rings (SSSR count). The van der Waals surface area contributed by atoms with Crippen molar-refractivity contribution in [1.82, 2.24) is 10.2 Å². The monoisotopic (exact) mass is 410 g/mol. The Labute approximate surface area is 176 Å². The van der Waals surface area contributed by atoms with Crippen LogP contribution in [0.5, 0.6) is 5.75 Å². The molecular formula is C24H27FN2O3. The van der Waals surface area contributed by atoms with E-state index in [4.69, 9.17) is 4.74 Å². The Bertz CT molecular complexity index is 938. The zero-order valence-electron chi connectivity index (χ0n) is 17.4. The van der Waals surface area contributed by atoms with E-state index >= 15 is 0 Å². The Kier molecular flexibility index (Phi) is 5.75. The van der Waals surface area contributed by atoms with Crippen molar-refractivity contribution in [1.29, 1.82) is 0 Å². The first kappa shape index (κ1) is 20.4. The molecular weight excluding hydrogens is 383 g/mol. The first-order valence-electron chi connectivity index (χ1n) is 10.5. The van der Waals surface area contributed by atoms with E-state index < -0.39 is 0 Å². The minimum Gasteiger partial charge on any atom is -0.484 e. The fraction of sp³-hybridized carbons (Fsp3) is 0.417. The maximum absolute atomic E-state index is 13.5. The fourth-order valence-electron chi connectivity index (χ4n) is 4.00. The summed E-state index contributed by atoms with van der Waals surface area (Å²) >= 11 is 0. The van der Waals surface area contributed by atoms with Gasteiger partial charge in [0.05, 0.1) is 6.04 Å². The number of halogens is 1. The maximum Gasteiger partial charge on any atom is 0.258 e. The molecule has 1 aliphatic heterocycles. The summed E-state index contributed by atoms with van der Waals surface area (Å²) in [5.74, 6) is 0.373. The van der Waals surface area contributed by atoms with E-state index in [0.29, 0.717) is 12.3 Å². The predicted molar refractivity (Wildman–Crippen MR) is 112 cm³/mol. The third-order valence-electron chi connectivity index (χ3n) is 5.56. The second-order valence-electron chi connectivity index (χ2n) is 8.38. The fourth-order valence-corrected chi connectivity index (χ4v) is 4.00. The van der Waals surface area contributed by atoms with Crippen LogP contribution >= 0.6 is 0 Å². The average Bonchev–Trinajstić information content (AvgIpc) is 3.56. The average molecular weight is 410 g/mol. The summed E-state index contributed by atoms with van der Waals surface area (Å²) in [5, 5.41) is 2.80. The van der Waals surface area contributed by atoms with Gasteiger partial charge >= 0.3 is 0 Å². The van der Waals surface area contributed by atoms with E-state index in [0.717, 1.165) is 36.0 Å². The standard InChI is InChI=1S/C24H27FN2O3/c1-15(2)26-22(28)14-30-20-10-7-16-11-12-27(24(29)18-3-4-18)23(21(16)13-20)17-5-8-19(25)9-6-17/h5-10,13,15,18,23H,3-4,11-12,14H2,1-2H3,(H,26,28). The summed E-state index contributed by atoms with van der Waals surface area (Å²) in [6.07, 6.45) is 2.64. The first-order chi connectivity index (χ1) is 14.4. The molecule has 1 unspecified atom stereocenters. The Morgan fingerprint density at radius 3 is 2.57 bits per heavy atom. The van der Waals surface area contributed by atoms with Gasteiger partial charge in [0.15, 0.2) is 6.61 Å².